The molecule has 0 radical (unpaired) electrons. The molecule has 0 aliphatic rings. The molecule has 0 saturated carbocycles. The van der Waals surface area contributed by atoms with Crippen LogP contribution in [0.1, 0.15) is 23.0 Å². The van der Waals surface area contributed by atoms with Gasteiger partial charge in [0.15, 0.2) is 11.2 Å². The Hall–Kier alpha value is -2.96. The predicted molar refractivity (Wildman–Crippen MR) is 86.9 cm³/mol. The first-order valence-corrected chi connectivity index (χ1v) is 7.32. The normalized spacial score (nSPS) is 10.9. The summed E-state index contributed by atoms with van der Waals surface area (Å²) in [4.78, 5) is 29.0. The summed E-state index contributed by atoms with van der Waals surface area (Å²) in [5.41, 5.74) is 2.31. The molecule has 0 saturated heterocycles. The zero-order valence-corrected chi connectivity index (χ0v) is 13.2. The minimum Gasteiger partial charge on any atom is -0.351 e. The standard InChI is InChI=1S/C16H17N5O2/c1-4-17-15(22)13-12-14(16(23)20(3)9-18-12)21(19-13)11-7-5-10(2)6-8-11/h5-9H,4H2,1-3H3,(H,17,22). The molecule has 0 atom stereocenters. The molecule has 0 bridgehead atoms. The minimum atomic E-state index is -0.343. The lowest BCUT2D eigenvalue weighted by atomic mass is 10.2. The maximum atomic E-state index is 12.5. The molecule has 1 amide bonds. The van der Waals surface area contributed by atoms with Crippen molar-refractivity contribution in [3.8, 4) is 5.69 Å². The molecule has 0 fully saturated rings. The van der Waals surface area contributed by atoms with Gasteiger partial charge in [0.05, 0.1) is 12.0 Å². The van der Waals surface area contributed by atoms with Gasteiger partial charge in [-0.15, -0.1) is 0 Å². The molecular weight excluding hydrogens is 294 g/mol. The molecule has 0 aliphatic heterocycles. The zero-order chi connectivity index (χ0) is 16.6. The highest BCUT2D eigenvalue weighted by molar-refractivity contribution is 6.03. The molecular formula is C16H17N5O2. The highest BCUT2D eigenvalue weighted by atomic mass is 16.2. The van der Waals surface area contributed by atoms with Gasteiger partial charge in [-0.25, -0.2) is 9.67 Å². The van der Waals surface area contributed by atoms with Crippen LogP contribution in [0.4, 0.5) is 0 Å². The number of nitrogens with zero attached hydrogens (tertiary/aromatic N) is 4. The highest BCUT2D eigenvalue weighted by Gasteiger charge is 2.21. The van der Waals surface area contributed by atoms with E-state index in [1.807, 2.05) is 38.1 Å². The molecule has 1 N–H and O–H groups in total. The second-order valence-corrected chi connectivity index (χ2v) is 5.31. The van der Waals surface area contributed by atoms with Gasteiger partial charge in [0.1, 0.15) is 5.52 Å². The topological polar surface area (TPSA) is 81.8 Å². The van der Waals surface area contributed by atoms with Crippen LogP contribution in [0.3, 0.4) is 0 Å². The van der Waals surface area contributed by atoms with Crippen molar-refractivity contribution >= 4 is 16.9 Å². The van der Waals surface area contributed by atoms with E-state index in [9.17, 15) is 9.59 Å². The molecule has 7 nitrogen and oxygen atoms in total. The van der Waals surface area contributed by atoms with Crippen molar-refractivity contribution in [2.75, 3.05) is 6.54 Å². The van der Waals surface area contributed by atoms with Crippen LogP contribution < -0.4 is 10.9 Å². The third-order valence-corrected chi connectivity index (χ3v) is 3.57. The number of amides is 1. The molecule has 3 aromatic rings. The lowest BCUT2D eigenvalue weighted by Crippen LogP contribution is -2.23. The monoisotopic (exact) mass is 311 g/mol. The molecule has 23 heavy (non-hydrogen) atoms. The molecule has 2 aromatic heterocycles. The number of carbonyl (C=O) groups is 1. The average Bonchev–Trinajstić information content (AvgIpc) is 2.92. The van der Waals surface area contributed by atoms with Gasteiger partial charge in [0.2, 0.25) is 0 Å². The summed E-state index contributed by atoms with van der Waals surface area (Å²) in [6.07, 6.45) is 1.40. The fourth-order valence-corrected chi connectivity index (χ4v) is 2.36. The number of hydrogen-bond donors (Lipinski definition) is 1. The Labute approximate surface area is 132 Å². The first-order chi connectivity index (χ1) is 11.0. The van der Waals surface area contributed by atoms with Gasteiger partial charge in [-0.1, -0.05) is 17.7 Å². The quantitative estimate of drug-likeness (QED) is 0.787. The zero-order valence-electron chi connectivity index (χ0n) is 13.2. The second-order valence-electron chi connectivity index (χ2n) is 5.31. The van der Waals surface area contributed by atoms with Gasteiger partial charge >= 0.3 is 0 Å². The molecule has 2 heterocycles. The van der Waals surface area contributed by atoms with Crippen molar-refractivity contribution in [3.05, 3.63) is 52.2 Å². The summed E-state index contributed by atoms with van der Waals surface area (Å²) in [6.45, 7) is 4.28. The van der Waals surface area contributed by atoms with Crippen LogP contribution in [0.5, 0.6) is 0 Å². The Morgan fingerprint density at radius 3 is 2.61 bits per heavy atom. The third-order valence-electron chi connectivity index (χ3n) is 3.57. The van der Waals surface area contributed by atoms with E-state index in [0.29, 0.717) is 23.3 Å². The van der Waals surface area contributed by atoms with E-state index in [0.717, 1.165) is 5.56 Å². The van der Waals surface area contributed by atoms with Crippen LogP contribution in [0.15, 0.2) is 35.4 Å². The van der Waals surface area contributed by atoms with Crippen molar-refractivity contribution in [2.24, 2.45) is 7.05 Å². The van der Waals surface area contributed by atoms with Crippen LogP contribution in [0, 0.1) is 6.92 Å². The van der Waals surface area contributed by atoms with E-state index in [1.165, 1.54) is 15.6 Å². The van der Waals surface area contributed by atoms with E-state index in [-0.39, 0.29) is 17.2 Å². The van der Waals surface area contributed by atoms with Crippen LogP contribution in [0.25, 0.3) is 16.7 Å². The number of fused-ring (bicyclic) bond motifs is 1. The van der Waals surface area contributed by atoms with Crippen LogP contribution in [-0.4, -0.2) is 31.8 Å². The molecule has 7 heteroatoms. The average molecular weight is 311 g/mol. The second kappa shape index (κ2) is 5.68. The summed E-state index contributed by atoms with van der Waals surface area (Å²) < 4.78 is 2.85. The Balaban J connectivity index is 2.33. The third kappa shape index (κ3) is 2.50. The highest BCUT2D eigenvalue weighted by Crippen LogP contribution is 2.18. The van der Waals surface area contributed by atoms with Gasteiger partial charge in [0, 0.05) is 13.6 Å². The summed E-state index contributed by atoms with van der Waals surface area (Å²) >= 11 is 0. The lowest BCUT2D eigenvalue weighted by Gasteiger charge is -2.04. The van der Waals surface area contributed by atoms with Crippen molar-refractivity contribution in [3.63, 3.8) is 0 Å². The molecule has 1 aromatic carbocycles. The van der Waals surface area contributed by atoms with Crippen LogP contribution in [-0.2, 0) is 7.05 Å². The number of rotatable bonds is 3. The summed E-state index contributed by atoms with van der Waals surface area (Å²) in [6, 6.07) is 7.57. The maximum absolute atomic E-state index is 12.5. The number of aromatic nitrogens is 4. The summed E-state index contributed by atoms with van der Waals surface area (Å²) in [5, 5.41) is 7.04. The molecule has 118 valence electrons. The van der Waals surface area contributed by atoms with E-state index >= 15 is 0 Å². The number of hydrogen-bond acceptors (Lipinski definition) is 4. The Kier molecular flexibility index (Phi) is 3.69. The smallest absolute Gasteiger partial charge is 0.279 e. The van der Waals surface area contributed by atoms with E-state index in [1.54, 1.807) is 7.05 Å². The summed E-state index contributed by atoms with van der Waals surface area (Å²) in [7, 11) is 1.62. The van der Waals surface area contributed by atoms with E-state index < -0.39 is 0 Å². The first-order valence-electron chi connectivity index (χ1n) is 7.32. The largest absolute Gasteiger partial charge is 0.351 e. The van der Waals surface area contributed by atoms with E-state index in [2.05, 4.69) is 15.4 Å². The number of nitrogens with one attached hydrogen (secondary N) is 1. The SMILES string of the molecule is CCNC(=O)c1nn(-c2ccc(C)cc2)c2c(=O)n(C)cnc12. The fourth-order valence-electron chi connectivity index (χ4n) is 2.36. The molecule has 0 spiro atoms. The van der Waals surface area contributed by atoms with Gasteiger partial charge in [0.25, 0.3) is 11.5 Å². The number of aryl methyl sites for hydroxylation is 2. The molecule has 3 rings (SSSR count). The van der Waals surface area contributed by atoms with Crippen molar-refractivity contribution in [1.29, 1.82) is 0 Å². The Bertz CT molecular complexity index is 937. The summed E-state index contributed by atoms with van der Waals surface area (Å²) in [5.74, 6) is -0.343. The van der Waals surface area contributed by atoms with Gasteiger partial charge in [-0.3, -0.25) is 9.59 Å². The van der Waals surface area contributed by atoms with Gasteiger partial charge < -0.3 is 9.88 Å². The minimum absolute atomic E-state index is 0.153. The van der Waals surface area contributed by atoms with Crippen LogP contribution >= 0.6 is 0 Å². The fraction of sp³-hybridized carbons (Fsp3) is 0.250. The first kappa shape index (κ1) is 15.0. The van der Waals surface area contributed by atoms with Crippen molar-refractivity contribution in [2.45, 2.75) is 13.8 Å². The van der Waals surface area contributed by atoms with Gasteiger partial charge in [-0.05, 0) is 26.0 Å². The molecule has 0 aliphatic carbocycles. The van der Waals surface area contributed by atoms with Crippen molar-refractivity contribution < 1.29 is 4.79 Å². The van der Waals surface area contributed by atoms with Crippen molar-refractivity contribution in [1.82, 2.24) is 24.6 Å². The lowest BCUT2D eigenvalue weighted by molar-refractivity contribution is 0.0952. The maximum Gasteiger partial charge on any atom is 0.279 e. The Morgan fingerprint density at radius 1 is 1.26 bits per heavy atom. The molecule has 0 unspecified atom stereocenters. The number of carbonyl (C=O) groups excluding carboxylic acids is 1. The number of benzene rings is 1. The van der Waals surface area contributed by atoms with E-state index in [4.69, 9.17) is 0 Å². The predicted octanol–water partition coefficient (Wildman–Crippen LogP) is 1.18. The van der Waals surface area contributed by atoms with Gasteiger partial charge in [-0.2, -0.15) is 5.10 Å². The van der Waals surface area contributed by atoms with Crippen LogP contribution in [0.2, 0.25) is 0 Å². The Morgan fingerprint density at radius 2 is 1.96 bits per heavy atom.